The molecule has 3 aromatic rings. The zero-order chi connectivity index (χ0) is 29.2. The Kier molecular flexibility index (Phi) is 8.96. The number of hydrogen-bond acceptors (Lipinski definition) is 5. The van der Waals surface area contributed by atoms with Crippen LogP contribution >= 0.6 is 45.8 Å². The summed E-state index contributed by atoms with van der Waals surface area (Å²) in [5, 5.41) is 2.21. The average molecular weight is 705 g/mol. The lowest BCUT2D eigenvalue weighted by atomic mass is 10.1. The third-order valence-electron chi connectivity index (χ3n) is 5.59. The number of nitrogens with one attached hydrogen (secondary N) is 1. The standard InChI is InChI=1S/C27H18Cl2F3IN2O5/c1-2-39-22-11-14(10-20(33)23(22)40-13-15-5-3-4-6-18(15)28)9-17-24(36)34-26(38)35(25(17)37)21-12-16(27(30,31)32)7-8-19(21)29/h3-12H,2,13H2,1H3,(H,34,36,38)/b17-9+. The number of hydrogen-bond donors (Lipinski definition) is 1. The number of urea groups is 1. The predicted molar refractivity (Wildman–Crippen MR) is 152 cm³/mol. The molecule has 1 N–H and O–H groups in total. The van der Waals surface area contributed by atoms with Gasteiger partial charge in [0.2, 0.25) is 0 Å². The van der Waals surface area contributed by atoms with E-state index in [0.717, 1.165) is 11.6 Å². The van der Waals surface area contributed by atoms with Crippen LogP contribution in [-0.4, -0.2) is 24.5 Å². The van der Waals surface area contributed by atoms with Crippen molar-refractivity contribution in [2.45, 2.75) is 19.7 Å². The number of benzene rings is 3. The molecule has 1 aliphatic rings. The Morgan fingerprint density at radius 1 is 1.00 bits per heavy atom. The lowest BCUT2D eigenvalue weighted by Crippen LogP contribution is -2.54. The van der Waals surface area contributed by atoms with Gasteiger partial charge in [0.25, 0.3) is 11.8 Å². The van der Waals surface area contributed by atoms with E-state index in [2.05, 4.69) is 0 Å². The van der Waals surface area contributed by atoms with Crippen molar-refractivity contribution >= 4 is 75.4 Å². The molecule has 208 valence electrons. The molecule has 0 aliphatic carbocycles. The number of nitrogens with zero attached hydrogens (tertiary/aromatic N) is 1. The van der Waals surface area contributed by atoms with Gasteiger partial charge in [-0.1, -0.05) is 41.4 Å². The molecule has 7 nitrogen and oxygen atoms in total. The molecule has 13 heteroatoms. The van der Waals surface area contributed by atoms with Crippen molar-refractivity contribution in [3.8, 4) is 11.5 Å². The van der Waals surface area contributed by atoms with Gasteiger partial charge in [0, 0.05) is 10.6 Å². The van der Waals surface area contributed by atoms with Crippen molar-refractivity contribution in [3.05, 3.63) is 90.5 Å². The van der Waals surface area contributed by atoms with Crippen molar-refractivity contribution in [2.75, 3.05) is 11.5 Å². The molecule has 0 bridgehead atoms. The number of carbonyl (C=O) groups excluding carboxylic acids is 3. The van der Waals surface area contributed by atoms with E-state index in [-0.39, 0.29) is 18.2 Å². The molecule has 4 rings (SSSR count). The van der Waals surface area contributed by atoms with Gasteiger partial charge in [0.1, 0.15) is 12.2 Å². The first-order valence-corrected chi connectivity index (χ1v) is 13.3. The van der Waals surface area contributed by atoms with Crippen LogP contribution in [0.3, 0.4) is 0 Å². The van der Waals surface area contributed by atoms with Crippen LogP contribution in [0.5, 0.6) is 11.5 Å². The largest absolute Gasteiger partial charge is 0.490 e. The van der Waals surface area contributed by atoms with E-state index in [9.17, 15) is 27.6 Å². The van der Waals surface area contributed by atoms with Crippen LogP contribution in [0.1, 0.15) is 23.6 Å². The highest BCUT2D eigenvalue weighted by Gasteiger charge is 2.39. The molecular weight excluding hydrogens is 687 g/mol. The summed E-state index contributed by atoms with van der Waals surface area (Å²) in [6, 6.07) is 11.3. The number of ether oxygens (including phenoxy) is 2. The second kappa shape index (κ2) is 12.1. The van der Waals surface area contributed by atoms with Crippen LogP contribution in [0.4, 0.5) is 23.7 Å². The van der Waals surface area contributed by atoms with Gasteiger partial charge in [-0.05, 0) is 77.6 Å². The molecule has 0 aromatic heterocycles. The number of rotatable bonds is 7. The maximum absolute atomic E-state index is 13.3. The maximum Gasteiger partial charge on any atom is 0.416 e. The number of amides is 4. The van der Waals surface area contributed by atoms with Crippen LogP contribution in [0, 0.1) is 3.57 Å². The quantitative estimate of drug-likeness (QED) is 0.159. The Hall–Kier alpha value is -3.29. The summed E-state index contributed by atoms with van der Waals surface area (Å²) >= 11 is 14.3. The third kappa shape index (κ3) is 6.37. The van der Waals surface area contributed by atoms with E-state index in [1.807, 2.05) is 40.0 Å². The summed E-state index contributed by atoms with van der Waals surface area (Å²) in [6.07, 6.45) is -3.56. The lowest BCUT2D eigenvalue weighted by molar-refractivity contribution is -0.137. The smallest absolute Gasteiger partial charge is 0.416 e. The molecule has 0 radical (unpaired) electrons. The van der Waals surface area contributed by atoms with Crippen LogP contribution < -0.4 is 19.7 Å². The number of halogens is 6. The number of anilines is 1. The summed E-state index contributed by atoms with van der Waals surface area (Å²) in [5.41, 5.74) is -1.07. The SMILES string of the molecule is CCOc1cc(/C=C2\C(=O)NC(=O)N(c3cc(C(F)(F)F)ccc3Cl)C2=O)cc(I)c1OCc1ccccc1Cl. The summed E-state index contributed by atoms with van der Waals surface area (Å²) in [5.74, 6) is -1.47. The minimum Gasteiger partial charge on any atom is -0.490 e. The maximum atomic E-state index is 13.3. The molecule has 1 saturated heterocycles. The summed E-state index contributed by atoms with van der Waals surface area (Å²) in [6.45, 7) is 2.18. The van der Waals surface area contributed by atoms with Gasteiger partial charge in [-0.2, -0.15) is 13.2 Å². The van der Waals surface area contributed by atoms with Gasteiger partial charge in [0.05, 0.1) is 26.5 Å². The highest BCUT2D eigenvalue weighted by molar-refractivity contribution is 14.1. The predicted octanol–water partition coefficient (Wildman–Crippen LogP) is 7.26. The number of carbonyl (C=O) groups is 3. The summed E-state index contributed by atoms with van der Waals surface area (Å²) in [7, 11) is 0. The van der Waals surface area contributed by atoms with Crippen LogP contribution in [0.2, 0.25) is 10.0 Å². The van der Waals surface area contributed by atoms with Crippen molar-refractivity contribution in [3.63, 3.8) is 0 Å². The molecule has 40 heavy (non-hydrogen) atoms. The van der Waals surface area contributed by atoms with Crippen molar-refractivity contribution in [1.82, 2.24) is 5.32 Å². The van der Waals surface area contributed by atoms with Gasteiger partial charge >= 0.3 is 12.2 Å². The Morgan fingerprint density at radius 2 is 1.73 bits per heavy atom. The molecule has 0 saturated carbocycles. The van der Waals surface area contributed by atoms with E-state index in [1.54, 1.807) is 25.1 Å². The summed E-state index contributed by atoms with van der Waals surface area (Å²) < 4.78 is 52.1. The molecule has 1 fully saturated rings. The van der Waals surface area contributed by atoms with Crippen molar-refractivity contribution in [2.24, 2.45) is 0 Å². The van der Waals surface area contributed by atoms with Crippen LogP contribution in [0.25, 0.3) is 6.08 Å². The minimum atomic E-state index is -4.76. The molecule has 0 atom stereocenters. The fourth-order valence-corrected chi connectivity index (χ4v) is 4.92. The van der Waals surface area contributed by atoms with Gasteiger partial charge in [-0.25, -0.2) is 9.69 Å². The van der Waals surface area contributed by atoms with Crippen molar-refractivity contribution < 1.29 is 37.0 Å². The highest BCUT2D eigenvalue weighted by Crippen LogP contribution is 2.38. The first kappa shape index (κ1) is 29.7. The average Bonchev–Trinajstić information content (AvgIpc) is 2.87. The van der Waals surface area contributed by atoms with E-state index in [0.29, 0.717) is 42.7 Å². The zero-order valence-electron chi connectivity index (χ0n) is 20.4. The minimum absolute atomic E-state index is 0.145. The van der Waals surface area contributed by atoms with Gasteiger partial charge in [-0.3, -0.25) is 14.9 Å². The lowest BCUT2D eigenvalue weighted by Gasteiger charge is -2.27. The van der Waals surface area contributed by atoms with E-state index in [1.165, 1.54) is 12.1 Å². The molecule has 4 amide bonds. The normalized spacial score (nSPS) is 14.9. The number of alkyl halides is 3. The van der Waals surface area contributed by atoms with Gasteiger partial charge < -0.3 is 9.47 Å². The number of imide groups is 2. The highest BCUT2D eigenvalue weighted by atomic mass is 127. The van der Waals surface area contributed by atoms with Crippen molar-refractivity contribution in [1.29, 1.82) is 0 Å². The molecule has 1 aliphatic heterocycles. The second-order valence-electron chi connectivity index (χ2n) is 8.26. The second-order valence-corrected chi connectivity index (χ2v) is 10.2. The first-order valence-electron chi connectivity index (χ1n) is 11.5. The Bertz CT molecular complexity index is 1550. The monoisotopic (exact) mass is 704 g/mol. The third-order valence-corrected chi connectivity index (χ3v) is 7.08. The Balaban J connectivity index is 1.70. The molecule has 1 heterocycles. The van der Waals surface area contributed by atoms with Crippen LogP contribution in [-0.2, 0) is 22.4 Å². The number of barbiturate groups is 1. The Morgan fingerprint density at radius 3 is 2.40 bits per heavy atom. The van der Waals surface area contributed by atoms with E-state index >= 15 is 0 Å². The topological polar surface area (TPSA) is 84.9 Å². The molecular formula is C27H18Cl2F3IN2O5. The Labute approximate surface area is 250 Å². The first-order chi connectivity index (χ1) is 18.9. The zero-order valence-corrected chi connectivity index (χ0v) is 24.1. The van der Waals surface area contributed by atoms with Gasteiger partial charge in [-0.15, -0.1) is 0 Å². The molecule has 0 spiro atoms. The summed E-state index contributed by atoms with van der Waals surface area (Å²) in [4.78, 5) is 38.8. The molecule has 3 aromatic carbocycles. The molecule has 0 unspecified atom stereocenters. The van der Waals surface area contributed by atoms with Crippen LogP contribution in [0.15, 0.2) is 60.2 Å². The fourth-order valence-electron chi connectivity index (χ4n) is 3.74. The van der Waals surface area contributed by atoms with E-state index in [4.69, 9.17) is 32.7 Å². The van der Waals surface area contributed by atoms with Gasteiger partial charge in [0.15, 0.2) is 11.5 Å². The van der Waals surface area contributed by atoms with E-state index < -0.39 is 40.8 Å². The fraction of sp³-hybridized carbons (Fsp3) is 0.148.